The summed E-state index contributed by atoms with van der Waals surface area (Å²) in [6, 6.07) is 23.2. The van der Waals surface area contributed by atoms with Crippen LogP contribution in [0, 0.1) is 5.92 Å². The molecule has 8 nitrogen and oxygen atoms in total. The van der Waals surface area contributed by atoms with Crippen LogP contribution in [0.2, 0.25) is 0 Å². The van der Waals surface area contributed by atoms with E-state index in [2.05, 4.69) is 15.5 Å². The molecule has 1 aliphatic heterocycles. The third-order valence-electron chi connectivity index (χ3n) is 7.93. The third kappa shape index (κ3) is 9.08. The van der Waals surface area contributed by atoms with Crippen LogP contribution in [0.4, 0.5) is 11.4 Å². The number of rotatable bonds is 11. The zero-order chi connectivity index (χ0) is 32.6. The molecule has 3 aromatic rings. The normalized spacial score (nSPS) is 18.8. The molecule has 0 aliphatic carbocycles. The fraction of sp³-hybridized carbons (Fsp3) is 0.324. The molecule has 3 unspecified atom stereocenters. The minimum absolute atomic E-state index is 0.261. The number of carbonyl (C=O) groups excluding carboxylic acids is 3. The van der Waals surface area contributed by atoms with Gasteiger partial charge in [0, 0.05) is 48.7 Å². The summed E-state index contributed by atoms with van der Waals surface area (Å²) in [6.45, 7) is 8.64. The fourth-order valence-electron chi connectivity index (χ4n) is 5.70. The van der Waals surface area contributed by atoms with Gasteiger partial charge in [0.1, 0.15) is 5.60 Å². The van der Waals surface area contributed by atoms with Gasteiger partial charge in [-0.2, -0.15) is 0 Å². The molecule has 1 heterocycles. The summed E-state index contributed by atoms with van der Waals surface area (Å²) in [7, 11) is 0. The molecule has 2 amide bonds. The molecule has 3 atom stereocenters. The van der Waals surface area contributed by atoms with E-state index in [1.807, 2.05) is 58.0 Å². The molecule has 0 saturated carbocycles. The molecule has 0 spiro atoms. The van der Waals surface area contributed by atoms with Crippen LogP contribution in [0.15, 0.2) is 102 Å². The van der Waals surface area contributed by atoms with Crippen LogP contribution >= 0.6 is 0 Å². The van der Waals surface area contributed by atoms with Crippen molar-refractivity contribution in [1.82, 2.24) is 4.90 Å². The number of nitrogens with zero attached hydrogens (tertiary/aromatic N) is 1. The average Bonchev–Trinajstić information content (AvgIpc) is 3.00. The standard InChI is InChI=1S/C37H43N3O5/c1-25(2)20-34(42)38-30-14-8-12-28(22-30)36(44)32-24-40(18-16-33(41)27-10-6-5-7-11-27)19-17-37(32,45)29-13-9-15-31(23-29)39-35(43)21-26(3)4/h5-15,20-23,32-33,41,45H,16-19,24H2,1-4H3,(H,38,42)(H,39,43). The van der Waals surface area contributed by atoms with Gasteiger partial charge >= 0.3 is 0 Å². The summed E-state index contributed by atoms with van der Waals surface area (Å²) < 4.78 is 0. The molecule has 8 heteroatoms. The maximum absolute atomic E-state index is 14.3. The zero-order valence-corrected chi connectivity index (χ0v) is 26.4. The molecule has 1 fully saturated rings. The van der Waals surface area contributed by atoms with E-state index in [-0.39, 0.29) is 30.6 Å². The number of aliphatic hydroxyl groups is 2. The Bertz CT molecular complexity index is 1570. The van der Waals surface area contributed by atoms with E-state index in [4.69, 9.17) is 0 Å². The first kappa shape index (κ1) is 33.5. The number of benzene rings is 3. The maximum atomic E-state index is 14.3. The number of likely N-dealkylation sites (tertiary alicyclic amines) is 1. The van der Waals surface area contributed by atoms with Crippen LogP contribution in [-0.2, 0) is 15.2 Å². The number of carbonyl (C=O) groups is 3. The van der Waals surface area contributed by atoms with Gasteiger partial charge in [0.25, 0.3) is 0 Å². The summed E-state index contributed by atoms with van der Waals surface area (Å²) >= 11 is 0. The average molecular weight is 610 g/mol. The Labute approximate surface area is 265 Å². The SMILES string of the molecule is CC(C)=CC(=O)Nc1cccc(C(=O)C2CN(CCC(O)c3ccccc3)CCC2(O)c2cccc(NC(=O)C=C(C)C)c2)c1. The number of Topliss-reactive ketones (excluding diaryl/α,β-unsaturated/α-hetero) is 1. The number of amides is 2. The van der Waals surface area contributed by atoms with Crippen molar-refractivity contribution in [2.24, 2.45) is 5.92 Å². The van der Waals surface area contributed by atoms with E-state index < -0.39 is 17.6 Å². The first-order valence-electron chi connectivity index (χ1n) is 15.3. The maximum Gasteiger partial charge on any atom is 0.248 e. The molecule has 0 radical (unpaired) electrons. The quantitative estimate of drug-likeness (QED) is 0.156. The van der Waals surface area contributed by atoms with Gasteiger partial charge in [-0.05, 0) is 75.9 Å². The number of ketones is 1. The predicted octanol–water partition coefficient (Wildman–Crippen LogP) is 6.01. The van der Waals surface area contributed by atoms with Crippen LogP contribution in [0.25, 0.3) is 0 Å². The second-order valence-corrected chi connectivity index (χ2v) is 12.2. The molecule has 1 saturated heterocycles. The van der Waals surface area contributed by atoms with Gasteiger partial charge in [-0.1, -0.05) is 65.7 Å². The van der Waals surface area contributed by atoms with Crippen LogP contribution in [0.3, 0.4) is 0 Å². The second kappa shape index (κ2) is 15.1. The molecule has 45 heavy (non-hydrogen) atoms. The lowest BCUT2D eigenvalue weighted by Crippen LogP contribution is -2.53. The molecular weight excluding hydrogens is 566 g/mol. The Morgan fingerprint density at radius 3 is 2.09 bits per heavy atom. The topological polar surface area (TPSA) is 119 Å². The van der Waals surface area contributed by atoms with Crippen molar-refractivity contribution in [2.75, 3.05) is 30.3 Å². The fourth-order valence-corrected chi connectivity index (χ4v) is 5.70. The van der Waals surface area contributed by atoms with Crippen molar-refractivity contribution in [3.63, 3.8) is 0 Å². The van der Waals surface area contributed by atoms with E-state index in [0.717, 1.165) is 16.7 Å². The van der Waals surface area contributed by atoms with E-state index in [1.165, 1.54) is 12.2 Å². The van der Waals surface area contributed by atoms with Crippen molar-refractivity contribution in [1.29, 1.82) is 0 Å². The van der Waals surface area contributed by atoms with Gasteiger partial charge in [-0.25, -0.2) is 0 Å². The monoisotopic (exact) mass is 609 g/mol. The number of nitrogens with one attached hydrogen (secondary N) is 2. The summed E-state index contributed by atoms with van der Waals surface area (Å²) in [4.78, 5) is 41.1. The number of hydrogen-bond donors (Lipinski definition) is 4. The highest BCUT2D eigenvalue weighted by Crippen LogP contribution is 2.40. The first-order valence-corrected chi connectivity index (χ1v) is 15.3. The molecule has 236 valence electrons. The van der Waals surface area contributed by atoms with Crippen molar-refractivity contribution >= 4 is 29.0 Å². The largest absolute Gasteiger partial charge is 0.388 e. The third-order valence-corrected chi connectivity index (χ3v) is 7.93. The Hall–Kier alpha value is -4.37. The summed E-state index contributed by atoms with van der Waals surface area (Å²) in [5.41, 5.74) is 2.92. The van der Waals surface area contributed by atoms with Crippen LogP contribution in [-0.4, -0.2) is 52.3 Å². The molecule has 4 N–H and O–H groups in total. The van der Waals surface area contributed by atoms with Crippen molar-refractivity contribution in [3.8, 4) is 0 Å². The first-order chi connectivity index (χ1) is 21.4. The predicted molar refractivity (Wildman–Crippen MR) is 178 cm³/mol. The lowest BCUT2D eigenvalue weighted by Gasteiger charge is -2.44. The van der Waals surface area contributed by atoms with Crippen LogP contribution in [0.5, 0.6) is 0 Å². The number of allylic oxidation sites excluding steroid dienone is 2. The Balaban J connectivity index is 1.62. The summed E-state index contributed by atoms with van der Waals surface area (Å²) in [6.07, 6.45) is 3.08. The number of anilines is 2. The van der Waals surface area contributed by atoms with Crippen molar-refractivity contribution in [2.45, 2.75) is 52.2 Å². The van der Waals surface area contributed by atoms with Crippen LogP contribution < -0.4 is 10.6 Å². The number of aliphatic hydroxyl groups excluding tert-OH is 1. The second-order valence-electron chi connectivity index (χ2n) is 12.2. The van der Waals surface area contributed by atoms with E-state index in [0.29, 0.717) is 42.0 Å². The van der Waals surface area contributed by atoms with Gasteiger partial charge in [-0.3, -0.25) is 14.4 Å². The molecular formula is C37H43N3O5. The highest BCUT2D eigenvalue weighted by Gasteiger charge is 2.47. The van der Waals surface area contributed by atoms with Gasteiger partial charge < -0.3 is 25.7 Å². The number of piperidine rings is 1. The molecule has 1 aliphatic rings. The minimum Gasteiger partial charge on any atom is -0.388 e. The lowest BCUT2D eigenvalue weighted by molar-refractivity contribution is -0.112. The van der Waals surface area contributed by atoms with Crippen molar-refractivity contribution in [3.05, 3.63) is 119 Å². The van der Waals surface area contributed by atoms with Crippen molar-refractivity contribution < 1.29 is 24.6 Å². The van der Waals surface area contributed by atoms with Gasteiger partial charge in [-0.15, -0.1) is 0 Å². The smallest absolute Gasteiger partial charge is 0.248 e. The molecule has 3 aromatic carbocycles. The van der Waals surface area contributed by atoms with E-state index in [9.17, 15) is 24.6 Å². The summed E-state index contributed by atoms with van der Waals surface area (Å²) in [5, 5.41) is 28.8. The van der Waals surface area contributed by atoms with Gasteiger partial charge in [0.2, 0.25) is 11.8 Å². The van der Waals surface area contributed by atoms with Crippen LogP contribution in [0.1, 0.15) is 68.1 Å². The summed E-state index contributed by atoms with van der Waals surface area (Å²) in [5.74, 6) is -1.68. The van der Waals surface area contributed by atoms with Gasteiger partial charge in [0.05, 0.1) is 12.0 Å². The highest BCUT2D eigenvalue weighted by molar-refractivity contribution is 6.03. The molecule has 0 bridgehead atoms. The Morgan fingerprint density at radius 1 is 0.867 bits per heavy atom. The molecule has 0 aromatic heterocycles. The lowest BCUT2D eigenvalue weighted by atomic mass is 9.72. The Kier molecular flexibility index (Phi) is 11.2. The highest BCUT2D eigenvalue weighted by atomic mass is 16.3. The molecule has 4 rings (SSSR count). The van der Waals surface area contributed by atoms with E-state index >= 15 is 0 Å². The minimum atomic E-state index is -1.52. The zero-order valence-electron chi connectivity index (χ0n) is 26.4. The Morgan fingerprint density at radius 2 is 1.47 bits per heavy atom. The van der Waals surface area contributed by atoms with E-state index in [1.54, 1.807) is 48.5 Å². The van der Waals surface area contributed by atoms with Gasteiger partial charge in [0.15, 0.2) is 5.78 Å². The number of hydrogen-bond acceptors (Lipinski definition) is 6.